The first kappa shape index (κ1) is 44.7. The van der Waals surface area contributed by atoms with E-state index in [1.54, 1.807) is 0 Å². The predicted molar refractivity (Wildman–Crippen MR) is 296 cm³/mol. The lowest BCUT2D eigenvalue weighted by Gasteiger charge is -2.33. The van der Waals surface area contributed by atoms with E-state index in [9.17, 15) is 0 Å². The average Bonchev–Trinajstić information content (AvgIpc) is 3.35. The van der Waals surface area contributed by atoms with Crippen molar-refractivity contribution >= 4 is 66.4 Å². The van der Waals surface area contributed by atoms with E-state index in [0.717, 1.165) is 11.4 Å². The molecule has 0 N–H and O–H groups in total. The minimum Gasteiger partial charge on any atom is -0.310 e. The van der Waals surface area contributed by atoms with Crippen LogP contribution >= 0.6 is 0 Å². The summed E-state index contributed by atoms with van der Waals surface area (Å²) >= 11 is 0. The molecule has 0 saturated heterocycles. The number of aryl methyl sites for hydroxylation is 2. The van der Waals surface area contributed by atoms with Crippen LogP contribution in [0.1, 0.15) is 112 Å². The first-order valence-corrected chi connectivity index (χ1v) is 24.8. The standard InChI is InChI=1S/C66H64N2/c1-41(2)53-31-25-49(47-17-13-11-14-18-47)37-61(53)67(51-27-21-45(9)22-28-51)63-39-59(43(5)6)55-34-36-58-64(40-60(44(7)8)56-33-35-57(63)65(55)66(56)58)68(52-29-23-46(10)24-30-52)62-38-50(26-32-54(62)42(3)4)48-19-15-12-16-20-48/h11-44H,1-10H3. The molecule has 2 heteroatoms. The molecule has 0 fully saturated rings. The van der Waals surface area contributed by atoms with E-state index in [1.807, 2.05) is 0 Å². The van der Waals surface area contributed by atoms with Crippen molar-refractivity contribution in [2.24, 2.45) is 0 Å². The van der Waals surface area contributed by atoms with Crippen molar-refractivity contribution in [1.82, 2.24) is 0 Å². The zero-order chi connectivity index (χ0) is 47.4. The maximum atomic E-state index is 2.58. The molecular formula is C66H64N2. The van der Waals surface area contributed by atoms with Crippen molar-refractivity contribution in [3.05, 3.63) is 215 Å². The van der Waals surface area contributed by atoms with E-state index >= 15 is 0 Å². The molecule has 0 unspecified atom stereocenters. The largest absolute Gasteiger partial charge is 0.310 e. The molecule has 0 spiro atoms. The van der Waals surface area contributed by atoms with Crippen molar-refractivity contribution in [3.63, 3.8) is 0 Å². The highest BCUT2D eigenvalue weighted by atomic mass is 15.2. The summed E-state index contributed by atoms with van der Waals surface area (Å²) in [6.45, 7) is 23.1. The van der Waals surface area contributed by atoms with Gasteiger partial charge in [-0.1, -0.05) is 200 Å². The van der Waals surface area contributed by atoms with Gasteiger partial charge in [-0.05, 0) is 152 Å². The number of anilines is 6. The third kappa shape index (κ3) is 8.00. The summed E-state index contributed by atoms with van der Waals surface area (Å²) < 4.78 is 0. The van der Waals surface area contributed by atoms with E-state index < -0.39 is 0 Å². The molecule has 0 radical (unpaired) electrons. The van der Waals surface area contributed by atoms with Crippen molar-refractivity contribution in [2.45, 2.75) is 92.9 Å². The topological polar surface area (TPSA) is 6.48 Å². The molecule has 10 aromatic rings. The monoisotopic (exact) mass is 885 g/mol. The van der Waals surface area contributed by atoms with Crippen LogP contribution in [0.5, 0.6) is 0 Å². The molecule has 0 aliphatic carbocycles. The molecule has 0 saturated carbocycles. The van der Waals surface area contributed by atoms with Gasteiger partial charge >= 0.3 is 0 Å². The van der Waals surface area contributed by atoms with E-state index in [4.69, 9.17) is 0 Å². The molecule has 0 bridgehead atoms. The second-order valence-electron chi connectivity index (χ2n) is 20.3. The lowest BCUT2D eigenvalue weighted by Crippen LogP contribution is -2.15. The van der Waals surface area contributed by atoms with Gasteiger partial charge in [0.2, 0.25) is 0 Å². The summed E-state index contributed by atoms with van der Waals surface area (Å²) in [5, 5.41) is 7.82. The molecule has 10 aromatic carbocycles. The fourth-order valence-corrected chi connectivity index (χ4v) is 10.6. The molecule has 2 nitrogen and oxygen atoms in total. The number of hydrogen-bond acceptors (Lipinski definition) is 2. The minimum absolute atomic E-state index is 0.279. The highest BCUT2D eigenvalue weighted by Crippen LogP contribution is 2.53. The molecule has 0 atom stereocenters. The second-order valence-corrected chi connectivity index (χ2v) is 20.3. The summed E-state index contributed by atoms with van der Waals surface area (Å²) in [7, 11) is 0. The fourth-order valence-electron chi connectivity index (χ4n) is 10.6. The third-order valence-corrected chi connectivity index (χ3v) is 14.2. The Morgan fingerprint density at radius 2 is 0.618 bits per heavy atom. The second kappa shape index (κ2) is 18.1. The summed E-state index contributed by atoms with van der Waals surface area (Å²) in [5.41, 5.74) is 19.8. The molecule has 0 heterocycles. The Bertz CT molecular complexity index is 3160. The lowest BCUT2D eigenvalue weighted by atomic mass is 9.83. The summed E-state index contributed by atoms with van der Waals surface area (Å²) in [6, 6.07) is 68.9. The van der Waals surface area contributed by atoms with Crippen LogP contribution < -0.4 is 9.80 Å². The van der Waals surface area contributed by atoms with Crippen molar-refractivity contribution in [1.29, 1.82) is 0 Å². The van der Waals surface area contributed by atoms with Crippen molar-refractivity contribution < 1.29 is 0 Å². The highest BCUT2D eigenvalue weighted by molar-refractivity contribution is 6.29. The molecule has 10 rings (SSSR count). The number of hydrogen-bond donors (Lipinski definition) is 0. The highest BCUT2D eigenvalue weighted by Gasteiger charge is 2.28. The van der Waals surface area contributed by atoms with Crippen LogP contribution in [0.2, 0.25) is 0 Å². The molecule has 338 valence electrons. The van der Waals surface area contributed by atoms with Crippen LogP contribution in [-0.4, -0.2) is 0 Å². The van der Waals surface area contributed by atoms with Gasteiger partial charge in [-0.3, -0.25) is 0 Å². The van der Waals surface area contributed by atoms with Gasteiger partial charge in [0, 0.05) is 22.1 Å². The van der Waals surface area contributed by atoms with Gasteiger partial charge in [0.05, 0.1) is 22.7 Å². The quantitative estimate of drug-likeness (QED) is 0.113. The van der Waals surface area contributed by atoms with Crippen LogP contribution in [0, 0.1) is 13.8 Å². The van der Waals surface area contributed by atoms with Gasteiger partial charge in [0.15, 0.2) is 0 Å². The van der Waals surface area contributed by atoms with Gasteiger partial charge in [0.1, 0.15) is 0 Å². The molecule has 0 aliphatic rings. The zero-order valence-corrected chi connectivity index (χ0v) is 41.5. The van der Waals surface area contributed by atoms with Crippen molar-refractivity contribution in [2.75, 3.05) is 9.80 Å². The van der Waals surface area contributed by atoms with E-state index in [2.05, 4.69) is 261 Å². The maximum absolute atomic E-state index is 2.58. The molecule has 0 amide bonds. The third-order valence-electron chi connectivity index (χ3n) is 14.2. The Labute approximate surface area is 404 Å². The van der Waals surface area contributed by atoms with Crippen LogP contribution in [0.3, 0.4) is 0 Å². The molecule has 68 heavy (non-hydrogen) atoms. The maximum Gasteiger partial charge on any atom is 0.0543 e. The molecule has 0 aliphatic heterocycles. The predicted octanol–water partition coefficient (Wildman–Crippen LogP) is 20.0. The van der Waals surface area contributed by atoms with Crippen LogP contribution in [0.25, 0.3) is 54.6 Å². The smallest absolute Gasteiger partial charge is 0.0543 e. The number of benzene rings is 10. The molecule has 0 aromatic heterocycles. The summed E-state index contributed by atoms with van der Waals surface area (Å²) in [6.07, 6.45) is 0. The average molecular weight is 885 g/mol. The summed E-state index contributed by atoms with van der Waals surface area (Å²) in [5.74, 6) is 1.15. The lowest BCUT2D eigenvalue weighted by molar-refractivity contribution is 0.863. The van der Waals surface area contributed by atoms with Gasteiger partial charge in [-0.25, -0.2) is 0 Å². The Morgan fingerprint density at radius 1 is 0.279 bits per heavy atom. The van der Waals surface area contributed by atoms with Crippen LogP contribution in [0.15, 0.2) is 182 Å². The normalized spacial score (nSPS) is 11.9. The van der Waals surface area contributed by atoms with Gasteiger partial charge in [-0.15, -0.1) is 0 Å². The van der Waals surface area contributed by atoms with E-state index in [0.29, 0.717) is 11.8 Å². The van der Waals surface area contributed by atoms with Gasteiger partial charge in [-0.2, -0.15) is 0 Å². The SMILES string of the molecule is Cc1ccc(N(c2cc(-c3ccccc3)ccc2C(C)C)c2cc(C(C)C)c3ccc4c(N(c5ccc(C)cc5)c5cc(-c6ccccc6)ccc5C(C)C)cc(C(C)C)c5ccc2c3c54)cc1. The van der Waals surface area contributed by atoms with E-state index in [-0.39, 0.29) is 11.8 Å². The Morgan fingerprint density at radius 3 is 0.956 bits per heavy atom. The first-order chi connectivity index (χ1) is 32.9. The molecular weight excluding hydrogens is 821 g/mol. The van der Waals surface area contributed by atoms with Gasteiger partial charge in [0.25, 0.3) is 0 Å². The number of nitrogens with zero attached hydrogens (tertiary/aromatic N) is 2. The fraction of sp³-hybridized carbons (Fsp3) is 0.212. The first-order valence-electron chi connectivity index (χ1n) is 24.8. The van der Waals surface area contributed by atoms with Crippen molar-refractivity contribution in [3.8, 4) is 22.3 Å². The number of rotatable bonds is 12. The Balaban J connectivity index is 1.33. The van der Waals surface area contributed by atoms with Gasteiger partial charge < -0.3 is 9.80 Å². The van der Waals surface area contributed by atoms with Crippen LogP contribution in [-0.2, 0) is 0 Å². The minimum atomic E-state index is 0.279. The Kier molecular flexibility index (Phi) is 11.9. The summed E-state index contributed by atoms with van der Waals surface area (Å²) in [4.78, 5) is 5.15. The zero-order valence-electron chi connectivity index (χ0n) is 41.5. The van der Waals surface area contributed by atoms with E-state index in [1.165, 1.54) is 111 Å². The Hall–Kier alpha value is -7.16. The van der Waals surface area contributed by atoms with Crippen LogP contribution in [0.4, 0.5) is 34.1 Å².